The van der Waals surface area contributed by atoms with Crippen molar-refractivity contribution in [2.45, 2.75) is 44.4 Å². The van der Waals surface area contributed by atoms with Gasteiger partial charge >= 0.3 is 0 Å². The summed E-state index contributed by atoms with van der Waals surface area (Å²) in [7, 11) is 0. The van der Waals surface area contributed by atoms with Crippen LogP contribution in [0.15, 0.2) is 4.99 Å². The monoisotopic (exact) mass is 245 g/mol. The van der Waals surface area contributed by atoms with Gasteiger partial charge in [-0.05, 0) is 18.8 Å². The average Bonchev–Trinajstić information content (AvgIpc) is 2.51. The van der Waals surface area contributed by atoms with Crippen molar-refractivity contribution in [1.82, 2.24) is 4.90 Å². The summed E-state index contributed by atoms with van der Waals surface area (Å²) >= 11 is 0. The van der Waals surface area contributed by atoms with E-state index in [2.05, 4.69) is 9.89 Å². The number of alkyl halides is 2. The Morgan fingerprint density at radius 1 is 1.18 bits per heavy atom. The van der Waals surface area contributed by atoms with Gasteiger partial charge in [-0.2, -0.15) is 0 Å². The normalized spacial score (nSPS) is 26.5. The molecule has 1 saturated heterocycles. The fourth-order valence-corrected chi connectivity index (χ4v) is 2.54. The Balaban J connectivity index is 1.76. The van der Waals surface area contributed by atoms with Crippen molar-refractivity contribution in [3.8, 4) is 0 Å². The number of hydrogen-bond donors (Lipinski definition) is 1. The molecule has 17 heavy (non-hydrogen) atoms. The van der Waals surface area contributed by atoms with Gasteiger partial charge in [-0.1, -0.05) is 12.8 Å². The van der Waals surface area contributed by atoms with Crippen LogP contribution in [0.4, 0.5) is 8.78 Å². The molecule has 1 heterocycles. The number of halogens is 2. The fourth-order valence-electron chi connectivity index (χ4n) is 2.54. The van der Waals surface area contributed by atoms with Gasteiger partial charge in [0.25, 0.3) is 0 Å². The Morgan fingerprint density at radius 3 is 2.29 bits per heavy atom. The SMILES string of the molecule is NC(=NCC1CC(F)(F)C1)N1CCCCCC1. The lowest BCUT2D eigenvalue weighted by molar-refractivity contribution is -0.107. The molecular weight excluding hydrogens is 224 g/mol. The standard InChI is InChI=1S/C12H21F2N3/c13-12(14)7-10(8-12)9-16-11(15)17-5-3-1-2-4-6-17/h10H,1-9H2,(H2,15,16). The van der Waals surface area contributed by atoms with Gasteiger partial charge in [0.2, 0.25) is 5.92 Å². The lowest BCUT2D eigenvalue weighted by Gasteiger charge is -2.34. The lowest BCUT2D eigenvalue weighted by Crippen LogP contribution is -2.40. The Labute approximate surface area is 101 Å². The molecule has 1 aliphatic carbocycles. The molecule has 2 fully saturated rings. The van der Waals surface area contributed by atoms with E-state index in [4.69, 9.17) is 5.73 Å². The molecule has 2 aliphatic rings. The zero-order valence-electron chi connectivity index (χ0n) is 10.2. The lowest BCUT2D eigenvalue weighted by atomic mass is 9.81. The molecule has 2 rings (SSSR count). The number of guanidine groups is 1. The van der Waals surface area contributed by atoms with E-state index in [1.165, 1.54) is 12.8 Å². The molecule has 1 aliphatic heterocycles. The molecule has 0 radical (unpaired) electrons. The summed E-state index contributed by atoms with van der Waals surface area (Å²) in [6.07, 6.45) is 4.75. The Morgan fingerprint density at radius 2 is 1.76 bits per heavy atom. The van der Waals surface area contributed by atoms with Crippen LogP contribution in [0.3, 0.4) is 0 Å². The van der Waals surface area contributed by atoms with Crippen LogP contribution < -0.4 is 5.73 Å². The number of nitrogens with zero attached hydrogens (tertiary/aromatic N) is 2. The highest BCUT2D eigenvalue weighted by atomic mass is 19.3. The van der Waals surface area contributed by atoms with Crippen molar-refractivity contribution in [3.05, 3.63) is 0 Å². The van der Waals surface area contributed by atoms with Crippen LogP contribution >= 0.6 is 0 Å². The first-order chi connectivity index (χ1) is 8.07. The van der Waals surface area contributed by atoms with Crippen LogP contribution in [0.2, 0.25) is 0 Å². The first kappa shape index (κ1) is 12.6. The number of rotatable bonds is 2. The van der Waals surface area contributed by atoms with E-state index in [0.29, 0.717) is 12.5 Å². The molecule has 0 aromatic heterocycles. The molecule has 3 nitrogen and oxygen atoms in total. The minimum absolute atomic E-state index is 0.0236. The predicted molar refractivity (Wildman–Crippen MR) is 64.2 cm³/mol. The van der Waals surface area contributed by atoms with E-state index in [1.807, 2.05) is 0 Å². The van der Waals surface area contributed by atoms with Gasteiger partial charge in [-0.3, -0.25) is 4.99 Å². The summed E-state index contributed by atoms with van der Waals surface area (Å²) in [6, 6.07) is 0. The van der Waals surface area contributed by atoms with Crippen molar-refractivity contribution >= 4 is 5.96 Å². The Bertz CT molecular complexity index is 275. The van der Waals surface area contributed by atoms with Crippen molar-refractivity contribution in [2.24, 2.45) is 16.6 Å². The second-order valence-corrected chi connectivity index (χ2v) is 5.23. The molecule has 1 saturated carbocycles. The maximum absolute atomic E-state index is 12.6. The summed E-state index contributed by atoms with van der Waals surface area (Å²) in [4.78, 5) is 6.35. The van der Waals surface area contributed by atoms with Gasteiger partial charge in [0.1, 0.15) is 0 Å². The van der Waals surface area contributed by atoms with E-state index in [0.717, 1.165) is 25.9 Å². The summed E-state index contributed by atoms with van der Waals surface area (Å²) in [6.45, 7) is 2.37. The third kappa shape index (κ3) is 3.54. The Kier molecular flexibility index (Phi) is 3.84. The highest BCUT2D eigenvalue weighted by Crippen LogP contribution is 2.42. The summed E-state index contributed by atoms with van der Waals surface area (Å²) in [5, 5.41) is 0. The maximum Gasteiger partial charge on any atom is 0.248 e. The largest absolute Gasteiger partial charge is 0.370 e. The number of hydrogen-bond acceptors (Lipinski definition) is 1. The van der Waals surface area contributed by atoms with Gasteiger partial charge in [0.15, 0.2) is 5.96 Å². The minimum Gasteiger partial charge on any atom is -0.370 e. The highest BCUT2D eigenvalue weighted by molar-refractivity contribution is 5.78. The van der Waals surface area contributed by atoms with Crippen molar-refractivity contribution in [2.75, 3.05) is 19.6 Å². The second-order valence-electron chi connectivity index (χ2n) is 5.23. The molecule has 0 aromatic carbocycles. The van der Waals surface area contributed by atoms with Crippen LogP contribution in [0.5, 0.6) is 0 Å². The van der Waals surface area contributed by atoms with E-state index in [9.17, 15) is 8.78 Å². The van der Waals surface area contributed by atoms with E-state index >= 15 is 0 Å². The van der Waals surface area contributed by atoms with Crippen LogP contribution in [0, 0.1) is 5.92 Å². The van der Waals surface area contributed by atoms with E-state index < -0.39 is 5.92 Å². The van der Waals surface area contributed by atoms with Crippen LogP contribution in [-0.2, 0) is 0 Å². The topological polar surface area (TPSA) is 41.6 Å². The minimum atomic E-state index is -2.45. The molecule has 2 N–H and O–H groups in total. The number of nitrogens with two attached hydrogens (primary N) is 1. The predicted octanol–water partition coefficient (Wildman–Crippen LogP) is 2.22. The van der Waals surface area contributed by atoms with Gasteiger partial charge in [-0.25, -0.2) is 8.78 Å². The first-order valence-corrected chi connectivity index (χ1v) is 6.49. The zero-order chi connectivity index (χ0) is 12.3. The summed E-state index contributed by atoms with van der Waals surface area (Å²) in [5.74, 6) is -1.88. The molecule has 0 atom stereocenters. The molecule has 0 spiro atoms. The van der Waals surface area contributed by atoms with Crippen molar-refractivity contribution in [1.29, 1.82) is 0 Å². The number of likely N-dealkylation sites (tertiary alicyclic amines) is 1. The van der Waals surface area contributed by atoms with Crippen LogP contribution in [0.1, 0.15) is 38.5 Å². The van der Waals surface area contributed by atoms with Gasteiger partial charge in [0.05, 0.1) is 0 Å². The quantitative estimate of drug-likeness (QED) is 0.598. The summed E-state index contributed by atoms with van der Waals surface area (Å²) in [5.41, 5.74) is 5.90. The molecule has 0 unspecified atom stereocenters. The molecule has 5 heteroatoms. The molecule has 0 aromatic rings. The molecule has 0 amide bonds. The van der Waals surface area contributed by atoms with E-state index in [1.54, 1.807) is 0 Å². The molecule has 0 bridgehead atoms. The first-order valence-electron chi connectivity index (χ1n) is 6.49. The van der Waals surface area contributed by atoms with Crippen LogP contribution in [0.25, 0.3) is 0 Å². The molecule has 98 valence electrons. The van der Waals surface area contributed by atoms with Gasteiger partial charge < -0.3 is 10.6 Å². The number of aliphatic imine (C=N–C) groups is 1. The van der Waals surface area contributed by atoms with Crippen molar-refractivity contribution < 1.29 is 8.78 Å². The average molecular weight is 245 g/mol. The zero-order valence-corrected chi connectivity index (χ0v) is 10.2. The van der Waals surface area contributed by atoms with Crippen LogP contribution in [-0.4, -0.2) is 36.4 Å². The smallest absolute Gasteiger partial charge is 0.248 e. The van der Waals surface area contributed by atoms with E-state index in [-0.39, 0.29) is 18.8 Å². The molecular formula is C12H21F2N3. The van der Waals surface area contributed by atoms with Gasteiger partial charge in [-0.15, -0.1) is 0 Å². The summed E-state index contributed by atoms with van der Waals surface area (Å²) < 4.78 is 25.3. The maximum atomic E-state index is 12.6. The Hall–Kier alpha value is -0.870. The highest BCUT2D eigenvalue weighted by Gasteiger charge is 2.44. The fraction of sp³-hybridized carbons (Fsp3) is 0.917. The van der Waals surface area contributed by atoms with Crippen molar-refractivity contribution in [3.63, 3.8) is 0 Å². The van der Waals surface area contributed by atoms with Gasteiger partial charge in [0, 0.05) is 32.5 Å². The third-order valence-electron chi connectivity index (χ3n) is 3.62. The second kappa shape index (κ2) is 5.19. The third-order valence-corrected chi connectivity index (χ3v) is 3.62.